The molecule has 0 saturated carbocycles. The van der Waals surface area contributed by atoms with Crippen LogP contribution in [0, 0.1) is 0 Å². The maximum Gasteiger partial charge on any atom is 0.270 e. The zero-order chi connectivity index (χ0) is 15.5. The zero-order valence-corrected chi connectivity index (χ0v) is 11.5. The van der Waals surface area contributed by atoms with E-state index in [1.165, 1.54) is 7.11 Å². The Bertz CT molecular complexity index is 685. The Morgan fingerprint density at radius 3 is 2.81 bits per heavy atom. The Balaban J connectivity index is 2.25. The van der Waals surface area contributed by atoms with Gasteiger partial charge in [-0.15, -0.1) is 0 Å². The largest absolute Gasteiger partial charge is 0.497 e. The van der Waals surface area contributed by atoms with Crippen LogP contribution in [0.3, 0.4) is 0 Å². The van der Waals surface area contributed by atoms with Crippen LogP contribution in [0.5, 0.6) is 5.75 Å². The molecular formula is C14H16F2N2O3. The van der Waals surface area contributed by atoms with Crippen molar-refractivity contribution in [3.63, 3.8) is 0 Å². The summed E-state index contributed by atoms with van der Waals surface area (Å²) >= 11 is 0. The quantitative estimate of drug-likeness (QED) is 0.854. The molecule has 0 amide bonds. The normalized spacial score (nSPS) is 11.8. The molecule has 0 bridgehead atoms. The third-order valence-electron chi connectivity index (χ3n) is 3.17. The Hall–Kier alpha value is -2.02. The highest BCUT2D eigenvalue weighted by Gasteiger charge is 2.28. The van der Waals surface area contributed by atoms with Gasteiger partial charge < -0.3 is 14.8 Å². The van der Waals surface area contributed by atoms with E-state index in [0.717, 1.165) is 0 Å². The van der Waals surface area contributed by atoms with Crippen molar-refractivity contribution in [2.75, 3.05) is 13.7 Å². The highest BCUT2D eigenvalue weighted by molar-refractivity contribution is 5.75. The first kappa shape index (κ1) is 15.4. The highest BCUT2D eigenvalue weighted by atomic mass is 19.3. The van der Waals surface area contributed by atoms with Gasteiger partial charge in [0.05, 0.1) is 18.1 Å². The molecule has 1 aromatic carbocycles. The summed E-state index contributed by atoms with van der Waals surface area (Å²) in [5, 5.41) is 8.57. The predicted octanol–water partition coefficient (Wildman–Crippen LogP) is 1.88. The number of nitrogens with one attached hydrogen (secondary N) is 1. The number of nitrogens with zero attached hydrogens (tertiary/aromatic N) is 1. The SMILES string of the molecule is COc1ccc2nc(CCC(F)(F)CCO)c(=O)[nH]c2c1. The maximum absolute atomic E-state index is 13.3. The minimum atomic E-state index is -3.00. The number of hydrogen-bond donors (Lipinski definition) is 2. The van der Waals surface area contributed by atoms with Gasteiger partial charge in [0.1, 0.15) is 11.4 Å². The van der Waals surface area contributed by atoms with E-state index in [0.29, 0.717) is 16.8 Å². The zero-order valence-electron chi connectivity index (χ0n) is 11.5. The molecule has 0 aliphatic carbocycles. The fraction of sp³-hybridized carbons (Fsp3) is 0.429. The number of aromatic amines is 1. The van der Waals surface area contributed by atoms with Crippen molar-refractivity contribution in [2.45, 2.75) is 25.2 Å². The van der Waals surface area contributed by atoms with Gasteiger partial charge >= 0.3 is 0 Å². The Labute approximate surface area is 119 Å². The third-order valence-corrected chi connectivity index (χ3v) is 3.17. The van der Waals surface area contributed by atoms with Crippen molar-refractivity contribution in [2.24, 2.45) is 0 Å². The summed E-state index contributed by atoms with van der Waals surface area (Å²) < 4.78 is 31.7. The van der Waals surface area contributed by atoms with E-state index in [1.807, 2.05) is 0 Å². The maximum atomic E-state index is 13.3. The summed E-state index contributed by atoms with van der Waals surface area (Å²) in [5.74, 6) is -2.43. The summed E-state index contributed by atoms with van der Waals surface area (Å²) in [6.07, 6.45) is -1.29. The first-order valence-corrected chi connectivity index (χ1v) is 6.51. The average molecular weight is 298 g/mol. The van der Waals surface area contributed by atoms with E-state index in [9.17, 15) is 13.6 Å². The molecule has 0 fully saturated rings. The first-order valence-electron chi connectivity index (χ1n) is 6.51. The van der Waals surface area contributed by atoms with Gasteiger partial charge in [0.2, 0.25) is 0 Å². The number of methoxy groups -OCH3 is 1. The van der Waals surface area contributed by atoms with E-state index < -0.39 is 30.9 Å². The number of hydrogen-bond acceptors (Lipinski definition) is 4. The molecule has 0 atom stereocenters. The Kier molecular flexibility index (Phi) is 4.52. The third kappa shape index (κ3) is 3.75. The fourth-order valence-electron chi connectivity index (χ4n) is 1.99. The molecule has 0 saturated heterocycles. The lowest BCUT2D eigenvalue weighted by Crippen LogP contribution is -2.22. The molecule has 0 radical (unpaired) electrons. The smallest absolute Gasteiger partial charge is 0.270 e. The summed E-state index contributed by atoms with van der Waals surface area (Å²) in [7, 11) is 1.50. The van der Waals surface area contributed by atoms with Crippen LogP contribution >= 0.6 is 0 Å². The number of ether oxygens (including phenoxy) is 1. The van der Waals surface area contributed by atoms with Gasteiger partial charge in [-0.05, 0) is 12.1 Å². The van der Waals surface area contributed by atoms with Crippen LogP contribution in [0.15, 0.2) is 23.0 Å². The molecule has 0 aliphatic rings. The van der Waals surface area contributed by atoms with E-state index in [4.69, 9.17) is 9.84 Å². The monoisotopic (exact) mass is 298 g/mol. The van der Waals surface area contributed by atoms with Gasteiger partial charge in [-0.2, -0.15) is 0 Å². The van der Waals surface area contributed by atoms with Crippen molar-refractivity contribution in [1.82, 2.24) is 9.97 Å². The number of aromatic nitrogens is 2. The predicted molar refractivity (Wildman–Crippen MR) is 73.9 cm³/mol. The summed E-state index contributed by atoms with van der Waals surface area (Å²) in [4.78, 5) is 18.6. The molecule has 7 heteroatoms. The van der Waals surface area contributed by atoms with Crippen LogP contribution in [0.2, 0.25) is 0 Å². The molecule has 2 aromatic rings. The van der Waals surface area contributed by atoms with Crippen LogP contribution in [0.4, 0.5) is 8.78 Å². The standard InChI is InChI=1S/C14H16F2N2O3/c1-21-9-2-3-10-12(8-9)18-13(20)11(17-10)4-5-14(15,16)6-7-19/h2-3,8,19H,4-7H2,1H3,(H,18,20). The van der Waals surface area contributed by atoms with Gasteiger partial charge in [-0.1, -0.05) is 0 Å². The molecule has 2 rings (SSSR count). The molecule has 0 spiro atoms. The number of alkyl halides is 2. The van der Waals surface area contributed by atoms with E-state index in [1.54, 1.807) is 18.2 Å². The van der Waals surface area contributed by atoms with Gasteiger partial charge in [0.15, 0.2) is 0 Å². The lowest BCUT2D eigenvalue weighted by Gasteiger charge is -2.14. The topological polar surface area (TPSA) is 75.2 Å². The molecular weight excluding hydrogens is 282 g/mol. The molecule has 0 aliphatic heterocycles. The number of benzene rings is 1. The van der Waals surface area contributed by atoms with Gasteiger partial charge in [-0.25, -0.2) is 13.8 Å². The highest BCUT2D eigenvalue weighted by Crippen LogP contribution is 2.24. The average Bonchev–Trinajstić information content (AvgIpc) is 2.44. The fourth-order valence-corrected chi connectivity index (χ4v) is 1.99. The van der Waals surface area contributed by atoms with Gasteiger partial charge in [-0.3, -0.25) is 4.79 Å². The molecule has 2 N–H and O–H groups in total. The lowest BCUT2D eigenvalue weighted by atomic mass is 10.1. The van der Waals surface area contributed by atoms with Gasteiger partial charge in [0.25, 0.3) is 11.5 Å². The second kappa shape index (κ2) is 6.17. The molecule has 1 aromatic heterocycles. The van der Waals surface area contributed by atoms with Crippen LogP contribution in [-0.2, 0) is 6.42 Å². The van der Waals surface area contributed by atoms with Crippen LogP contribution in [0.25, 0.3) is 11.0 Å². The van der Waals surface area contributed by atoms with Crippen LogP contribution in [0.1, 0.15) is 18.5 Å². The van der Waals surface area contributed by atoms with Crippen molar-refractivity contribution in [3.05, 3.63) is 34.2 Å². The Morgan fingerprint density at radius 1 is 1.38 bits per heavy atom. The van der Waals surface area contributed by atoms with Crippen molar-refractivity contribution < 1.29 is 18.6 Å². The summed E-state index contributed by atoms with van der Waals surface area (Å²) in [6.45, 7) is -0.589. The second-order valence-electron chi connectivity index (χ2n) is 4.73. The summed E-state index contributed by atoms with van der Waals surface area (Å²) in [5.41, 5.74) is 0.571. The van der Waals surface area contributed by atoms with Gasteiger partial charge in [0, 0.05) is 31.9 Å². The number of H-pyrrole nitrogens is 1. The number of halogens is 2. The number of rotatable bonds is 6. The van der Waals surface area contributed by atoms with E-state index >= 15 is 0 Å². The first-order chi connectivity index (χ1) is 9.95. The van der Waals surface area contributed by atoms with Crippen molar-refractivity contribution in [3.8, 4) is 5.75 Å². The Morgan fingerprint density at radius 2 is 2.14 bits per heavy atom. The number of fused-ring (bicyclic) bond motifs is 1. The minimum Gasteiger partial charge on any atom is -0.497 e. The van der Waals surface area contributed by atoms with Crippen molar-refractivity contribution >= 4 is 11.0 Å². The lowest BCUT2D eigenvalue weighted by molar-refractivity contribution is -0.0287. The molecule has 1 heterocycles. The second-order valence-corrected chi connectivity index (χ2v) is 4.73. The minimum absolute atomic E-state index is 0.0604. The molecule has 5 nitrogen and oxygen atoms in total. The molecule has 114 valence electrons. The van der Waals surface area contributed by atoms with Crippen LogP contribution < -0.4 is 10.3 Å². The number of aryl methyl sites for hydroxylation is 1. The molecule has 21 heavy (non-hydrogen) atoms. The van der Waals surface area contributed by atoms with E-state index in [2.05, 4.69) is 9.97 Å². The van der Waals surface area contributed by atoms with Crippen molar-refractivity contribution in [1.29, 1.82) is 0 Å². The summed E-state index contributed by atoms with van der Waals surface area (Å²) in [6, 6.07) is 4.95. The number of aliphatic hydroxyl groups excluding tert-OH is 1. The number of aliphatic hydroxyl groups is 1. The molecule has 0 unspecified atom stereocenters. The van der Waals surface area contributed by atoms with Crippen LogP contribution in [-0.4, -0.2) is 34.7 Å². The van der Waals surface area contributed by atoms with E-state index in [-0.39, 0.29) is 12.1 Å².